The van der Waals surface area contributed by atoms with Gasteiger partial charge in [0.05, 0.1) is 6.26 Å². The maximum atomic E-state index is 4.95. The summed E-state index contributed by atoms with van der Waals surface area (Å²) in [6.45, 7) is 3.98. The first kappa shape index (κ1) is 9.37. The molecular formula is C11H17O. The summed E-state index contributed by atoms with van der Waals surface area (Å²) in [6.07, 6.45) is 12.4. The van der Waals surface area contributed by atoms with Gasteiger partial charge in [0.1, 0.15) is 0 Å². The summed E-state index contributed by atoms with van der Waals surface area (Å²) >= 11 is 0. The molecule has 1 nitrogen and oxygen atoms in total. The first-order valence-corrected chi connectivity index (χ1v) is 4.78. The Hall–Kier alpha value is -0.720. The average Bonchev–Trinajstić information content (AvgIpc) is 2.14. The predicted molar refractivity (Wildman–Crippen MR) is 51.4 cm³/mol. The minimum atomic E-state index is 1.19. The molecule has 1 aliphatic rings. The van der Waals surface area contributed by atoms with Crippen molar-refractivity contribution >= 4 is 0 Å². The van der Waals surface area contributed by atoms with Gasteiger partial charge in [-0.1, -0.05) is 26.2 Å². The van der Waals surface area contributed by atoms with Gasteiger partial charge in [0, 0.05) is 0 Å². The molecule has 0 atom stereocenters. The van der Waals surface area contributed by atoms with Crippen LogP contribution in [-0.2, 0) is 4.74 Å². The van der Waals surface area contributed by atoms with Gasteiger partial charge in [0.2, 0.25) is 0 Å². The van der Waals surface area contributed by atoms with E-state index in [1.54, 1.807) is 12.9 Å². The zero-order chi connectivity index (χ0) is 8.65. The number of ether oxygens (including phenoxy) is 1. The molecule has 0 amide bonds. The fourth-order valence-electron chi connectivity index (χ4n) is 1.28. The smallest absolute Gasteiger partial charge is 0.157 e. The van der Waals surface area contributed by atoms with Crippen LogP contribution in [0.25, 0.3) is 0 Å². The largest absolute Gasteiger partial charge is 0.490 e. The first-order chi connectivity index (χ1) is 5.93. The maximum Gasteiger partial charge on any atom is 0.157 e. The highest BCUT2D eigenvalue weighted by Gasteiger charge is 1.97. The minimum absolute atomic E-state index is 1.19. The Morgan fingerprint density at radius 1 is 1.25 bits per heavy atom. The molecule has 1 heteroatoms. The summed E-state index contributed by atoms with van der Waals surface area (Å²) in [5, 5.41) is 0. The van der Waals surface area contributed by atoms with Crippen molar-refractivity contribution in [3.8, 4) is 0 Å². The third kappa shape index (κ3) is 3.61. The molecule has 0 aliphatic carbocycles. The van der Waals surface area contributed by atoms with Crippen molar-refractivity contribution < 1.29 is 4.74 Å². The van der Waals surface area contributed by atoms with Crippen LogP contribution in [-0.4, -0.2) is 0 Å². The van der Waals surface area contributed by atoms with E-state index in [9.17, 15) is 0 Å². The second kappa shape index (κ2) is 5.87. The third-order valence-electron chi connectivity index (χ3n) is 2.04. The lowest BCUT2D eigenvalue weighted by Crippen LogP contribution is -1.88. The standard InChI is InChI=1S/C11H17O/c1-2-3-4-5-6-11-7-9-12-10-8-11/h7-10H,2-6H2,1H3. The quantitative estimate of drug-likeness (QED) is 0.566. The van der Waals surface area contributed by atoms with E-state index in [0.29, 0.717) is 0 Å². The molecule has 0 aromatic heterocycles. The Balaban J connectivity index is 2.06. The van der Waals surface area contributed by atoms with Crippen LogP contribution in [0.5, 0.6) is 0 Å². The second-order valence-corrected chi connectivity index (χ2v) is 3.13. The van der Waals surface area contributed by atoms with Crippen LogP contribution in [0.1, 0.15) is 39.0 Å². The zero-order valence-corrected chi connectivity index (χ0v) is 7.75. The molecule has 0 fully saturated rings. The molecule has 0 saturated heterocycles. The fraction of sp³-hybridized carbons (Fsp3) is 0.545. The van der Waals surface area contributed by atoms with Gasteiger partial charge in [-0.2, -0.15) is 0 Å². The van der Waals surface area contributed by atoms with Crippen molar-refractivity contribution in [2.45, 2.75) is 39.0 Å². The molecule has 1 heterocycles. The summed E-state index contributed by atoms with van der Waals surface area (Å²) in [5.74, 6) is 0. The van der Waals surface area contributed by atoms with Crippen LogP contribution < -0.4 is 0 Å². The van der Waals surface area contributed by atoms with Crippen LogP contribution in [0.3, 0.4) is 0 Å². The Morgan fingerprint density at radius 3 is 2.83 bits per heavy atom. The van der Waals surface area contributed by atoms with E-state index in [4.69, 9.17) is 4.74 Å². The Kier molecular flexibility index (Phi) is 4.58. The molecule has 0 aromatic carbocycles. The molecule has 1 aliphatic heterocycles. The molecule has 12 heavy (non-hydrogen) atoms. The minimum Gasteiger partial charge on any atom is -0.490 e. The van der Waals surface area contributed by atoms with Gasteiger partial charge < -0.3 is 4.74 Å². The van der Waals surface area contributed by atoms with Gasteiger partial charge in [-0.15, -0.1) is 0 Å². The van der Waals surface area contributed by atoms with Gasteiger partial charge in [0.25, 0.3) is 0 Å². The van der Waals surface area contributed by atoms with Gasteiger partial charge in [-0.25, -0.2) is 0 Å². The monoisotopic (exact) mass is 165 g/mol. The summed E-state index contributed by atoms with van der Waals surface area (Å²) in [7, 11) is 0. The topological polar surface area (TPSA) is 9.23 Å². The van der Waals surface area contributed by atoms with Crippen LogP contribution in [0.2, 0.25) is 0 Å². The van der Waals surface area contributed by atoms with E-state index in [1.807, 2.05) is 12.2 Å². The highest BCUT2D eigenvalue weighted by Crippen LogP contribution is 2.14. The lowest BCUT2D eigenvalue weighted by atomic mass is 10.1. The SMILES string of the molecule is CCCCCCC1=C[CH]OC=C1. The Labute approximate surface area is 75.1 Å². The molecule has 67 valence electrons. The second-order valence-electron chi connectivity index (χ2n) is 3.13. The molecule has 0 N–H and O–H groups in total. The molecule has 1 radical (unpaired) electrons. The van der Waals surface area contributed by atoms with E-state index < -0.39 is 0 Å². The maximum absolute atomic E-state index is 4.95. The molecule has 0 bridgehead atoms. The van der Waals surface area contributed by atoms with Gasteiger partial charge in [-0.05, 0) is 30.6 Å². The van der Waals surface area contributed by atoms with Crippen molar-refractivity contribution in [1.29, 1.82) is 0 Å². The van der Waals surface area contributed by atoms with Crippen LogP contribution in [0.4, 0.5) is 0 Å². The van der Waals surface area contributed by atoms with E-state index >= 15 is 0 Å². The lowest BCUT2D eigenvalue weighted by molar-refractivity contribution is 0.351. The fourth-order valence-corrected chi connectivity index (χ4v) is 1.28. The number of rotatable bonds is 5. The Bertz CT molecular complexity index is 168. The summed E-state index contributed by atoms with van der Waals surface area (Å²) < 4.78 is 4.95. The predicted octanol–water partition coefficient (Wildman–Crippen LogP) is 3.59. The van der Waals surface area contributed by atoms with Crippen LogP contribution >= 0.6 is 0 Å². The highest BCUT2D eigenvalue weighted by molar-refractivity contribution is 5.22. The third-order valence-corrected chi connectivity index (χ3v) is 2.04. The number of unbranched alkanes of at least 4 members (excludes halogenated alkanes) is 3. The molecule has 0 spiro atoms. The van der Waals surface area contributed by atoms with E-state index in [1.165, 1.54) is 37.7 Å². The van der Waals surface area contributed by atoms with Crippen molar-refractivity contribution in [1.82, 2.24) is 0 Å². The zero-order valence-electron chi connectivity index (χ0n) is 7.75. The average molecular weight is 165 g/mol. The summed E-state index contributed by atoms with van der Waals surface area (Å²) in [5.41, 5.74) is 1.39. The number of allylic oxidation sites excluding steroid dienone is 2. The van der Waals surface area contributed by atoms with E-state index in [2.05, 4.69) is 6.92 Å². The van der Waals surface area contributed by atoms with Crippen molar-refractivity contribution in [3.05, 3.63) is 30.6 Å². The first-order valence-electron chi connectivity index (χ1n) is 4.78. The molecule has 0 saturated carbocycles. The number of hydrogen-bond donors (Lipinski definition) is 0. The van der Waals surface area contributed by atoms with Crippen molar-refractivity contribution in [2.75, 3.05) is 0 Å². The molecule has 0 unspecified atom stereocenters. The van der Waals surface area contributed by atoms with Crippen LogP contribution in [0, 0.1) is 6.61 Å². The summed E-state index contributed by atoms with van der Waals surface area (Å²) in [4.78, 5) is 0. The van der Waals surface area contributed by atoms with E-state index in [0.717, 1.165) is 0 Å². The molecular weight excluding hydrogens is 148 g/mol. The number of hydrogen-bond acceptors (Lipinski definition) is 1. The normalized spacial score (nSPS) is 15.6. The van der Waals surface area contributed by atoms with Crippen molar-refractivity contribution in [3.63, 3.8) is 0 Å². The Morgan fingerprint density at radius 2 is 2.17 bits per heavy atom. The van der Waals surface area contributed by atoms with Gasteiger partial charge >= 0.3 is 0 Å². The molecule has 1 rings (SSSR count). The van der Waals surface area contributed by atoms with E-state index in [-0.39, 0.29) is 0 Å². The summed E-state index contributed by atoms with van der Waals surface area (Å²) in [6, 6.07) is 0. The highest BCUT2D eigenvalue weighted by atomic mass is 16.5. The molecule has 0 aromatic rings. The van der Waals surface area contributed by atoms with Crippen molar-refractivity contribution in [2.24, 2.45) is 0 Å². The van der Waals surface area contributed by atoms with Gasteiger partial charge in [0.15, 0.2) is 6.61 Å². The van der Waals surface area contributed by atoms with Crippen LogP contribution in [0.15, 0.2) is 24.0 Å². The van der Waals surface area contributed by atoms with Gasteiger partial charge in [-0.3, -0.25) is 0 Å². The lowest BCUT2D eigenvalue weighted by Gasteiger charge is -2.06.